The van der Waals surface area contributed by atoms with Gasteiger partial charge in [-0.2, -0.15) is 0 Å². The fourth-order valence-corrected chi connectivity index (χ4v) is 2.24. The van der Waals surface area contributed by atoms with Crippen molar-refractivity contribution in [2.24, 2.45) is 0 Å². The van der Waals surface area contributed by atoms with E-state index in [1.54, 1.807) is 12.1 Å². The van der Waals surface area contributed by atoms with Crippen molar-refractivity contribution in [1.29, 1.82) is 0 Å². The van der Waals surface area contributed by atoms with Crippen molar-refractivity contribution in [2.75, 3.05) is 0 Å². The molecule has 0 atom stereocenters. The summed E-state index contributed by atoms with van der Waals surface area (Å²) < 4.78 is 24.5. The first kappa shape index (κ1) is 18.4. The van der Waals surface area contributed by atoms with Gasteiger partial charge < -0.3 is 14.6 Å². The molecule has 132 valence electrons. The number of halogens is 1. The molecule has 0 aromatic heterocycles. The van der Waals surface area contributed by atoms with E-state index in [-0.39, 0.29) is 23.8 Å². The summed E-state index contributed by atoms with van der Waals surface area (Å²) in [5, 5.41) is 10.0. The van der Waals surface area contributed by atoms with Gasteiger partial charge in [0.25, 0.3) is 0 Å². The summed E-state index contributed by atoms with van der Waals surface area (Å²) in [6.45, 7) is 4.80. The Morgan fingerprint density at radius 2 is 1.80 bits per heavy atom. The molecular weight excluding hydrogens is 327 g/mol. The van der Waals surface area contributed by atoms with Gasteiger partial charge in [-0.1, -0.05) is 0 Å². The highest BCUT2D eigenvalue weighted by molar-refractivity contribution is 6.10. The van der Waals surface area contributed by atoms with Crippen LogP contribution in [-0.4, -0.2) is 23.0 Å². The molecule has 0 spiro atoms. The summed E-state index contributed by atoms with van der Waals surface area (Å²) in [7, 11) is 0. The number of carbonyl (C=O) groups excluding carboxylic acids is 2. The Morgan fingerprint density at radius 1 is 1.16 bits per heavy atom. The largest absolute Gasteiger partial charge is 0.507 e. The van der Waals surface area contributed by atoms with Crippen LogP contribution in [0.2, 0.25) is 0 Å². The zero-order valence-corrected chi connectivity index (χ0v) is 14.2. The molecule has 0 bridgehead atoms. The van der Waals surface area contributed by atoms with Gasteiger partial charge in [0.1, 0.15) is 23.9 Å². The monoisotopic (exact) mass is 346 g/mol. The molecule has 0 saturated carbocycles. The summed E-state index contributed by atoms with van der Waals surface area (Å²) in [6.07, 6.45) is -0.00666. The second-order valence-electron chi connectivity index (χ2n) is 5.77. The first-order valence-corrected chi connectivity index (χ1v) is 7.74. The standard InChI is InChI=1S/C19H19FO5/c1-11(2)25-15-6-4-14(5-7-15)19(23)18-16(20)8-13(9-17(18)22)10-24-12(3)21/h4-9,11,22H,10H2,1-3H3. The lowest BCUT2D eigenvalue weighted by Crippen LogP contribution is -2.08. The number of benzene rings is 2. The number of hydrogen-bond donors (Lipinski definition) is 1. The van der Waals surface area contributed by atoms with Gasteiger partial charge >= 0.3 is 5.97 Å². The Balaban J connectivity index is 2.25. The molecule has 2 aromatic rings. The van der Waals surface area contributed by atoms with Gasteiger partial charge in [-0.05, 0) is 55.8 Å². The highest BCUT2D eigenvalue weighted by Gasteiger charge is 2.20. The van der Waals surface area contributed by atoms with Crippen LogP contribution < -0.4 is 4.74 Å². The molecule has 0 aliphatic carbocycles. The molecule has 0 fully saturated rings. The molecule has 0 aliphatic heterocycles. The Morgan fingerprint density at radius 3 is 2.32 bits per heavy atom. The minimum atomic E-state index is -0.880. The van der Waals surface area contributed by atoms with E-state index in [1.165, 1.54) is 25.1 Å². The fraction of sp³-hybridized carbons (Fsp3) is 0.263. The second kappa shape index (κ2) is 7.79. The second-order valence-corrected chi connectivity index (χ2v) is 5.77. The number of phenolic OH excluding ortho intramolecular Hbond substituents is 1. The van der Waals surface area contributed by atoms with E-state index >= 15 is 0 Å². The summed E-state index contributed by atoms with van der Waals surface area (Å²) >= 11 is 0. The van der Waals surface area contributed by atoms with E-state index in [0.717, 1.165) is 6.07 Å². The van der Waals surface area contributed by atoms with Crippen molar-refractivity contribution in [3.63, 3.8) is 0 Å². The van der Waals surface area contributed by atoms with Crippen LogP contribution >= 0.6 is 0 Å². The van der Waals surface area contributed by atoms with Gasteiger partial charge in [-0.3, -0.25) is 9.59 Å². The number of aromatic hydroxyl groups is 1. The molecule has 6 heteroatoms. The molecule has 2 rings (SSSR count). The summed E-state index contributed by atoms with van der Waals surface area (Å²) in [6, 6.07) is 8.49. The number of ether oxygens (including phenoxy) is 2. The fourth-order valence-electron chi connectivity index (χ4n) is 2.24. The lowest BCUT2D eigenvalue weighted by molar-refractivity contribution is -0.142. The van der Waals surface area contributed by atoms with E-state index in [9.17, 15) is 19.1 Å². The van der Waals surface area contributed by atoms with E-state index in [4.69, 9.17) is 9.47 Å². The first-order chi connectivity index (χ1) is 11.8. The molecule has 2 aromatic carbocycles. The van der Waals surface area contributed by atoms with Crippen molar-refractivity contribution < 1.29 is 28.6 Å². The SMILES string of the molecule is CC(=O)OCc1cc(O)c(C(=O)c2ccc(OC(C)C)cc2)c(F)c1. The lowest BCUT2D eigenvalue weighted by Gasteiger charge is -2.11. The van der Waals surface area contributed by atoms with Gasteiger partial charge in [0, 0.05) is 12.5 Å². The average Bonchev–Trinajstić information content (AvgIpc) is 2.52. The van der Waals surface area contributed by atoms with Crippen LogP contribution in [0.25, 0.3) is 0 Å². The molecule has 0 aliphatic rings. The maximum absolute atomic E-state index is 14.3. The molecule has 0 heterocycles. The van der Waals surface area contributed by atoms with E-state index < -0.39 is 28.9 Å². The van der Waals surface area contributed by atoms with Gasteiger partial charge in [0.2, 0.25) is 0 Å². The summed E-state index contributed by atoms with van der Waals surface area (Å²) in [4.78, 5) is 23.3. The maximum Gasteiger partial charge on any atom is 0.302 e. The molecule has 25 heavy (non-hydrogen) atoms. The lowest BCUT2D eigenvalue weighted by atomic mass is 10.00. The van der Waals surface area contributed by atoms with Crippen LogP contribution in [0.3, 0.4) is 0 Å². The zero-order valence-electron chi connectivity index (χ0n) is 14.2. The van der Waals surface area contributed by atoms with Crippen molar-refractivity contribution in [2.45, 2.75) is 33.5 Å². The predicted octanol–water partition coefficient (Wildman–Crippen LogP) is 3.61. The number of esters is 1. The number of phenols is 1. The molecule has 0 unspecified atom stereocenters. The minimum absolute atomic E-state index is 0.00666. The Bertz CT molecular complexity index is 758. The van der Waals surface area contributed by atoms with Crippen LogP contribution in [0.5, 0.6) is 11.5 Å². The van der Waals surface area contributed by atoms with Gasteiger partial charge in [0.15, 0.2) is 5.78 Å². The maximum atomic E-state index is 14.3. The topological polar surface area (TPSA) is 72.8 Å². The number of hydrogen-bond acceptors (Lipinski definition) is 5. The normalized spacial score (nSPS) is 10.6. The molecular formula is C19H19FO5. The van der Waals surface area contributed by atoms with Crippen molar-refractivity contribution >= 4 is 11.8 Å². The van der Waals surface area contributed by atoms with Crippen molar-refractivity contribution in [3.05, 3.63) is 58.9 Å². The third kappa shape index (κ3) is 4.79. The molecule has 1 N–H and O–H groups in total. The zero-order chi connectivity index (χ0) is 18.6. The smallest absolute Gasteiger partial charge is 0.302 e. The van der Waals surface area contributed by atoms with Crippen LogP contribution in [0.4, 0.5) is 4.39 Å². The number of rotatable bonds is 6. The molecule has 0 saturated heterocycles. The van der Waals surface area contributed by atoms with Crippen molar-refractivity contribution in [1.82, 2.24) is 0 Å². The van der Waals surface area contributed by atoms with Gasteiger partial charge in [-0.15, -0.1) is 0 Å². The summed E-state index contributed by atoms with van der Waals surface area (Å²) in [5.74, 6) is -1.97. The molecule has 0 radical (unpaired) electrons. The summed E-state index contributed by atoms with van der Waals surface area (Å²) in [5.41, 5.74) is 0.0459. The number of ketones is 1. The van der Waals surface area contributed by atoms with E-state index in [2.05, 4.69) is 0 Å². The van der Waals surface area contributed by atoms with Gasteiger partial charge in [-0.25, -0.2) is 4.39 Å². The van der Waals surface area contributed by atoms with Crippen LogP contribution in [0.1, 0.15) is 42.3 Å². The van der Waals surface area contributed by atoms with E-state index in [1.807, 2.05) is 13.8 Å². The third-order valence-corrected chi connectivity index (χ3v) is 3.29. The average molecular weight is 346 g/mol. The van der Waals surface area contributed by atoms with Crippen LogP contribution in [0, 0.1) is 5.82 Å². The quantitative estimate of drug-likeness (QED) is 0.639. The Hall–Kier alpha value is -2.89. The molecule has 0 amide bonds. The van der Waals surface area contributed by atoms with Gasteiger partial charge in [0.05, 0.1) is 11.7 Å². The highest BCUT2D eigenvalue weighted by atomic mass is 19.1. The van der Waals surface area contributed by atoms with Crippen LogP contribution in [-0.2, 0) is 16.1 Å². The first-order valence-electron chi connectivity index (χ1n) is 7.74. The van der Waals surface area contributed by atoms with Crippen molar-refractivity contribution in [3.8, 4) is 11.5 Å². The van der Waals surface area contributed by atoms with Crippen LogP contribution in [0.15, 0.2) is 36.4 Å². The Labute approximate surface area is 145 Å². The third-order valence-electron chi connectivity index (χ3n) is 3.29. The Kier molecular flexibility index (Phi) is 5.75. The highest BCUT2D eigenvalue weighted by Crippen LogP contribution is 2.27. The molecule has 5 nitrogen and oxygen atoms in total. The van der Waals surface area contributed by atoms with E-state index in [0.29, 0.717) is 5.75 Å². The minimum Gasteiger partial charge on any atom is -0.507 e. The predicted molar refractivity (Wildman–Crippen MR) is 89.2 cm³/mol. The number of carbonyl (C=O) groups is 2.